The van der Waals surface area contributed by atoms with E-state index in [2.05, 4.69) is 15.3 Å². The molecule has 0 aliphatic heterocycles. The summed E-state index contributed by atoms with van der Waals surface area (Å²) < 4.78 is 5.56. The van der Waals surface area contributed by atoms with Crippen molar-refractivity contribution in [2.75, 3.05) is 20.2 Å². The molecule has 7 nitrogen and oxygen atoms in total. The van der Waals surface area contributed by atoms with Crippen molar-refractivity contribution < 1.29 is 9.53 Å². The van der Waals surface area contributed by atoms with Gasteiger partial charge in [0.2, 0.25) is 0 Å². The van der Waals surface area contributed by atoms with Crippen LogP contribution >= 0.6 is 24.0 Å². The van der Waals surface area contributed by atoms with Gasteiger partial charge in [0.05, 0.1) is 17.1 Å². The lowest BCUT2D eigenvalue weighted by Crippen LogP contribution is -2.36. The van der Waals surface area contributed by atoms with E-state index in [0.717, 1.165) is 11.8 Å². The molecule has 0 saturated heterocycles. The number of carbonyl (C=O) groups is 1. The number of fused-ring (bicyclic) bond motifs is 1. The molecule has 0 spiro atoms. The lowest BCUT2D eigenvalue weighted by atomic mass is 10.2. The molecule has 2 rings (SSSR count). The van der Waals surface area contributed by atoms with E-state index in [0.29, 0.717) is 35.1 Å². The largest absolute Gasteiger partial charge is 0.493 e. The van der Waals surface area contributed by atoms with Crippen molar-refractivity contribution in [2.45, 2.75) is 6.42 Å². The van der Waals surface area contributed by atoms with Crippen LogP contribution in [-0.4, -0.2) is 37.1 Å². The first kappa shape index (κ1) is 19.1. The first-order chi connectivity index (χ1) is 10.5. The van der Waals surface area contributed by atoms with E-state index in [4.69, 9.17) is 27.8 Å². The predicted molar refractivity (Wildman–Crippen MR) is 94.7 cm³/mol. The lowest BCUT2D eigenvalue weighted by Gasteiger charge is -2.06. The van der Waals surface area contributed by atoms with Crippen LogP contribution in [0.5, 0.6) is 5.75 Å². The fourth-order valence-corrected chi connectivity index (χ4v) is 2.15. The van der Waals surface area contributed by atoms with E-state index >= 15 is 0 Å². The van der Waals surface area contributed by atoms with Crippen LogP contribution in [0.3, 0.4) is 0 Å². The fraction of sp³-hybridized carbons (Fsp3) is 0.286. The molecule has 1 aromatic heterocycles. The minimum atomic E-state index is -0.388. The van der Waals surface area contributed by atoms with E-state index in [1.807, 2.05) is 0 Å². The molecule has 126 valence electrons. The van der Waals surface area contributed by atoms with Gasteiger partial charge >= 0.3 is 0 Å². The number of hydrogen-bond donors (Lipinski definition) is 4. The van der Waals surface area contributed by atoms with Crippen LogP contribution in [0.1, 0.15) is 16.9 Å². The summed E-state index contributed by atoms with van der Waals surface area (Å²) in [6.45, 7) is 1.07. The van der Waals surface area contributed by atoms with Gasteiger partial charge in [0.1, 0.15) is 11.4 Å². The summed E-state index contributed by atoms with van der Waals surface area (Å²) in [6, 6.07) is 5.14. The molecule has 0 radical (unpaired) electrons. The molecule has 1 aromatic carbocycles. The van der Waals surface area contributed by atoms with Gasteiger partial charge in [-0.1, -0.05) is 11.6 Å². The molecule has 0 aliphatic carbocycles. The highest BCUT2D eigenvalue weighted by molar-refractivity contribution is 6.35. The molecular formula is C14H19Cl2N5O2. The number of guanidine groups is 1. The second kappa shape index (κ2) is 8.61. The Hall–Kier alpha value is -1.96. The Labute approximate surface area is 144 Å². The van der Waals surface area contributed by atoms with Gasteiger partial charge in [-0.3, -0.25) is 15.1 Å². The van der Waals surface area contributed by atoms with E-state index in [1.54, 1.807) is 18.2 Å². The Morgan fingerprint density at radius 2 is 2.17 bits per heavy atom. The number of H-pyrrole nitrogens is 1. The Balaban J connectivity index is 0.00000264. The van der Waals surface area contributed by atoms with E-state index in [1.165, 1.54) is 7.05 Å². The maximum absolute atomic E-state index is 12.0. The average Bonchev–Trinajstić information content (AvgIpc) is 2.92. The predicted octanol–water partition coefficient (Wildman–Crippen LogP) is 1.65. The number of nitrogens with one attached hydrogen (secondary N) is 2. The zero-order valence-electron chi connectivity index (χ0n) is 12.6. The molecule has 0 atom stereocenters. The van der Waals surface area contributed by atoms with Gasteiger partial charge in [-0.2, -0.15) is 0 Å². The van der Waals surface area contributed by atoms with Crippen molar-refractivity contribution >= 4 is 46.8 Å². The molecule has 6 N–H and O–H groups in total. The number of halogens is 2. The summed E-state index contributed by atoms with van der Waals surface area (Å²) in [7, 11) is 1.49. The fourth-order valence-electron chi connectivity index (χ4n) is 1.89. The second-order valence-electron chi connectivity index (χ2n) is 4.60. The van der Waals surface area contributed by atoms with Crippen molar-refractivity contribution in [3.05, 3.63) is 28.9 Å². The molecule has 9 heteroatoms. The van der Waals surface area contributed by atoms with Gasteiger partial charge in [-0.25, -0.2) is 0 Å². The standard InChI is InChI=1S/C14H18ClN5O2.ClH/c1-18-14(17)20-13(21)12-7-9-10(15)5-8(6-11(9)19-12)22-4-2-3-16;/h5-7,19H,2-4,16H2,1H3,(H3,17,18,20,21);1H. The third-order valence-corrected chi connectivity index (χ3v) is 3.32. The zero-order chi connectivity index (χ0) is 16.1. The molecule has 1 heterocycles. The summed E-state index contributed by atoms with van der Waals surface area (Å²) in [5, 5.41) is 3.67. The summed E-state index contributed by atoms with van der Waals surface area (Å²) in [5.41, 5.74) is 11.9. The van der Waals surface area contributed by atoms with E-state index in [-0.39, 0.29) is 24.3 Å². The zero-order valence-corrected chi connectivity index (χ0v) is 14.1. The van der Waals surface area contributed by atoms with Gasteiger partial charge in [-0.05, 0) is 25.1 Å². The Bertz CT molecular complexity index is 715. The quantitative estimate of drug-likeness (QED) is 0.368. The number of carbonyl (C=O) groups excluding carboxylic acids is 1. The molecule has 1 amide bonds. The number of amides is 1. The highest BCUT2D eigenvalue weighted by Crippen LogP contribution is 2.29. The summed E-state index contributed by atoms with van der Waals surface area (Å²) in [4.78, 5) is 18.7. The number of ether oxygens (including phenoxy) is 1. The van der Waals surface area contributed by atoms with Crippen LogP contribution in [0.15, 0.2) is 23.2 Å². The number of nitrogens with zero attached hydrogens (tertiary/aromatic N) is 1. The molecule has 23 heavy (non-hydrogen) atoms. The number of hydrogen-bond acceptors (Lipinski definition) is 4. The van der Waals surface area contributed by atoms with E-state index in [9.17, 15) is 4.79 Å². The number of benzene rings is 1. The molecule has 0 aliphatic rings. The van der Waals surface area contributed by atoms with E-state index < -0.39 is 0 Å². The van der Waals surface area contributed by atoms with Crippen LogP contribution in [0.4, 0.5) is 0 Å². The number of aromatic amines is 1. The third kappa shape index (κ3) is 4.75. The van der Waals surface area contributed by atoms with Gasteiger partial charge in [-0.15, -0.1) is 12.4 Å². The van der Waals surface area contributed by atoms with Gasteiger partial charge in [0.15, 0.2) is 5.96 Å². The summed E-state index contributed by atoms with van der Waals surface area (Å²) >= 11 is 6.22. The third-order valence-electron chi connectivity index (χ3n) is 3.01. The van der Waals surface area contributed by atoms with Crippen molar-refractivity contribution in [1.82, 2.24) is 10.3 Å². The van der Waals surface area contributed by atoms with Crippen LogP contribution in [0.2, 0.25) is 5.02 Å². The molecule has 0 bridgehead atoms. The van der Waals surface area contributed by atoms with Crippen molar-refractivity contribution in [3.8, 4) is 5.75 Å². The summed E-state index contributed by atoms with van der Waals surface area (Å²) in [5.74, 6) is 0.274. The Morgan fingerprint density at radius 3 is 2.83 bits per heavy atom. The average molecular weight is 360 g/mol. The number of aromatic nitrogens is 1. The van der Waals surface area contributed by atoms with Gasteiger partial charge in [0, 0.05) is 18.5 Å². The highest BCUT2D eigenvalue weighted by atomic mass is 35.5. The first-order valence-electron chi connectivity index (χ1n) is 6.74. The smallest absolute Gasteiger partial charge is 0.274 e. The lowest BCUT2D eigenvalue weighted by molar-refractivity contribution is 0.0972. The van der Waals surface area contributed by atoms with Gasteiger partial charge < -0.3 is 21.2 Å². The van der Waals surface area contributed by atoms with Crippen LogP contribution in [0, 0.1) is 0 Å². The van der Waals surface area contributed by atoms with Crippen LogP contribution < -0.4 is 21.5 Å². The maximum Gasteiger partial charge on any atom is 0.274 e. The van der Waals surface area contributed by atoms with Crippen molar-refractivity contribution in [1.29, 1.82) is 0 Å². The first-order valence-corrected chi connectivity index (χ1v) is 7.11. The maximum atomic E-state index is 12.0. The molecule has 0 unspecified atom stereocenters. The SMILES string of the molecule is CN=C(N)NC(=O)c1cc2c(Cl)cc(OCCCN)cc2[nH]1.Cl. The van der Waals surface area contributed by atoms with Crippen LogP contribution in [0.25, 0.3) is 10.9 Å². The minimum Gasteiger partial charge on any atom is -0.493 e. The van der Waals surface area contributed by atoms with Crippen molar-refractivity contribution in [3.63, 3.8) is 0 Å². The monoisotopic (exact) mass is 359 g/mol. The molecule has 0 saturated carbocycles. The molecular weight excluding hydrogens is 341 g/mol. The van der Waals surface area contributed by atoms with Crippen LogP contribution in [-0.2, 0) is 0 Å². The second-order valence-corrected chi connectivity index (χ2v) is 5.01. The highest BCUT2D eigenvalue weighted by Gasteiger charge is 2.13. The minimum absolute atomic E-state index is 0. The summed E-state index contributed by atoms with van der Waals surface area (Å²) in [6.07, 6.45) is 0.754. The number of nitrogens with two attached hydrogens (primary N) is 2. The number of aliphatic imine (C=N–C) groups is 1. The molecule has 0 fully saturated rings. The number of rotatable bonds is 5. The molecule has 2 aromatic rings. The van der Waals surface area contributed by atoms with Crippen molar-refractivity contribution in [2.24, 2.45) is 16.5 Å². The van der Waals surface area contributed by atoms with Gasteiger partial charge in [0.25, 0.3) is 5.91 Å². The normalized spacial score (nSPS) is 11.2. The Morgan fingerprint density at radius 1 is 1.43 bits per heavy atom. The Kier molecular flexibility index (Phi) is 7.15. The topological polar surface area (TPSA) is 119 Å².